The fraction of sp³-hybridized carbons (Fsp3) is 0.500. The SMILES string of the molecule is COc1cccc(Br)c1OC1CCCC1. The van der Waals surface area contributed by atoms with Crippen LogP contribution in [0.3, 0.4) is 0 Å². The highest BCUT2D eigenvalue weighted by Crippen LogP contribution is 2.37. The zero-order chi connectivity index (χ0) is 10.7. The van der Waals surface area contributed by atoms with E-state index < -0.39 is 0 Å². The normalized spacial score (nSPS) is 16.7. The Morgan fingerprint density at radius 3 is 2.67 bits per heavy atom. The van der Waals surface area contributed by atoms with Gasteiger partial charge in [0.2, 0.25) is 0 Å². The van der Waals surface area contributed by atoms with Gasteiger partial charge in [-0.1, -0.05) is 6.07 Å². The Kier molecular flexibility index (Phi) is 3.52. The number of hydrogen-bond acceptors (Lipinski definition) is 2. The predicted octanol–water partition coefficient (Wildman–Crippen LogP) is 3.78. The van der Waals surface area contributed by atoms with Crippen molar-refractivity contribution in [3.05, 3.63) is 22.7 Å². The molecule has 0 aromatic heterocycles. The van der Waals surface area contributed by atoms with Crippen molar-refractivity contribution < 1.29 is 9.47 Å². The monoisotopic (exact) mass is 270 g/mol. The molecule has 1 aromatic rings. The van der Waals surface area contributed by atoms with Gasteiger partial charge < -0.3 is 9.47 Å². The summed E-state index contributed by atoms with van der Waals surface area (Å²) in [6.07, 6.45) is 5.22. The van der Waals surface area contributed by atoms with Gasteiger partial charge in [0.25, 0.3) is 0 Å². The molecule has 82 valence electrons. The second-order valence-corrected chi connectivity index (χ2v) is 4.65. The van der Waals surface area contributed by atoms with Gasteiger partial charge in [-0.05, 0) is 53.7 Å². The number of benzene rings is 1. The molecule has 2 rings (SSSR count). The zero-order valence-corrected chi connectivity index (χ0v) is 10.4. The maximum atomic E-state index is 5.96. The molecule has 0 radical (unpaired) electrons. The van der Waals surface area contributed by atoms with E-state index in [1.54, 1.807) is 7.11 Å². The summed E-state index contributed by atoms with van der Waals surface area (Å²) in [5, 5.41) is 0. The smallest absolute Gasteiger partial charge is 0.175 e. The van der Waals surface area contributed by atoms with Crippen LogP contribution in [-0.4, -0.2) is 13.2 Å². The Morgan fingerprint density at radius 2 is 2.00 bits per heavy atom. The molecule has 1 saturated carbocycles. The lowest BCUT2D eigenvalue weighted by atomic mass is 10.3. The predicted molar refractivity (Wildman–Crippen MR) is 63.6 cm³/mol. The lowest BCUT2D eigenvalue weighted by Crippen LogP contribution is -2.11. The quantitative estimate of drug-likeness (QED) is 0.833. The molecule has 1 aliphatic rings. The summed E-state index contributed by atoms with van der Waals surface area (Å²) in [5.41, 5.74) is 0. The first-order valence-electron chi connectivity index (χ1n) is 5.30. The van der Waals surface area contributed by atoms with Crippen molar-refractivity contribution in [3.8, 4) is 11.5 Å². The van der Waals surface area contributed by atoms with E-state index in [2.05, 4.69) is 15.9 Å². The Hall–Kier alpha value is -0.700. The Morgan fingerprint density at radius 1 is 1.27 bits per heavy atom. The third-order valence-electron chi connectivity index (χ3n) is 2.74. The van der Waals surface area contributed by atoms with E-state index >= 15 is 0 Å². The van der Waals surface area contributed by atoms with Crippen LogP contribution in [0.5, 0.6) is 11.5 Å². The van der Waals surface area contributed by atoms with Gasteiger partial charge in [-0.3, -0.25) is 0 Å². The molecule has 2 nitrogen and oxygen atoms in total. The van der Waals surface area contributed by atoms with Gasteiger partial charge in [-0.25, -0.2) is 0 Å². The van der Waals surface area contributed by atoms with Crippen molar-refractivity contribution in [2.45, 2.75) is 31.8 Å². The second-order valence-electron chi connectivity index (χ2n) is 3.80. The van der Waals surface area contributed by atoms with Crippen LogP contribution >= 0.6 is 15.9 Å². The Labute approximate surface area is 98.7 Å². The van der Waals surface area contributed by atoms with Crippen molar-refractivity contribution in [1.29, 1.82) is 0 Å². The minimum Gasteiger partial charge on any atom is -0.493 e. The standard InChI is InChI=1S/C12H15BrO2/c1-14-11-8-4-7-10(13)12(11)15-9-5-2-3-6-9/h4,7-9H,2-3,5-6H2,1H3. The molecular formula is C12H15BrO2. The largest absolute Gasteiger partial charge is 0.493 e. The maximum Gasteiger partial charge on any atom is 0.175 e. The summed E-state index contributed by atoms with van der Waals surface area (Å²) in [4.78, 5) is 0. The Balaban J connectivity index is 2.17. The Bertz CT molecular complexity index is 332. The van der Waals surface area contributed by atoms with Crippen LogP contribution in [0.1, 0.15) is 25.7 Å². The molecule has 0 unspecified atom stereocenters. The van der Waals surface area contributed by atoms with Gasteiger partial charge in [-0.15, -0.1) is 0 Å². The summed E-state index contributed by atoms with van der Waals surface area (Å²) in [6, 6.07) is 5.85. The van der Waals surface area contributed by atoms with Crippen molar-refractivity contribution in [2.24, 2.45) is 0 Å². The van der Waals surface area contributed by atoms with Gasteiger partial charge in [0.15, 0.2) is 11.5 Å². The van der Waals surface area contributed by atoms with Gasteiger partial charge in [0.05, 0.1) is 17.7 Å². The summed E-state index contributed by atoms with van der Waals surface area (Å²) in [6.45, 7) is 0. The van der Waals surface area contributed by atoms with Crippen LogP contribution in [0.4, 0.5) is 0 Å². The van der Waals surface area contributed by atoms with Crippen LogP contribution in [-0.2, 0) is 0 Å². The highest BCUT2D eigenvalue weighted by molar-refractivity contribution is 9.10. The van der Waals surface area contributed by atoms with E-state index in [4.69, 9.17) is 9.47 Å². The molecule has 0 saturated heterocycles. The average Bonchev–Trinajstić information content (AvgIpc) is 2.74. The molecular weight excluding hydrogens is 256 g/mol. The molecule has 0 heterocycles. The summed E-state index contributed by atoms with van der Waals surface area (Å²) in [7, 11) is 1.67. The van der Waals surface area contributed by atoms with E-state index in [9.17, 15) is 0 Å². The minimum absolute atomic E-state index is 0.359. The molecule has 0 spiro atoms. The molecule has 0 atom stereocenters. The van der Waals surface area contributed by atoms with E-state index in [0.717, 1.165) is 28.8 Å². The van der Waals surface area contributed by atoms with Crippen molar-refractivity contribution in [3.63, 3.8) is 0 Å². The number of para-hydroxylation sites is 1. The van der Waals surface area contributed by atoms with Crippen LogP contribution < -0.4 is 9.47 Å². The molecule has 1 aromatic carbocycles. The van der Waals surface area contributed by atoms with E-state index in [-0.39, 0.29) is 0 Å². The maximum absolute atomic E-state index is 5.96. The first-order valence-corrected chi connectivity index (χ1v) is 6.09. The van der Waals surface area contributed by atoms with Crippen molar-refractivity contribution in [2.75, 3.05) is 7.11 Å². The molecule has 15 heavy (non-hydrogen) atoms. The third kappa shape index (κ3) is 2.46. The van der Waals surface area contributed by atoms with Crippen LogP contribution in [0.25, 0.3) is 0 Å². The number of halogens is 1. The summed E-state index contributed by atoms with van der Waals surface area (Å²) in [5.74, 6) is 1.64. The third-order valence-corrected chi connectivity index (χ3v) is 3.36. The highest BCUT2D eigenvalue weighted by Gasteiger charge is 2.19. The second kappa shape index (κ2) is 4.88. The highest BCUT2D eigenvalue weighted by atomic mass is 79.9. The topological polar surface area (TPSA) is 18.5 Å². The molecule has 0 amide bonds. The van der Waals surface area contributed by atoms with Crippen LogP contribution in [0, 0.1) is 0 Å². The van der Waals surface area contributed by atoms with Gasteiger partial charge in [-0.2, -0.15) is 0 Å². The first-order chi connectivity index (χ1) is 7.31. The number of ether oxygens (including phenoxy) is 2. The number of methoxy groups -OCH3 is 1. The molecule has 3 heteroatoms. The average molecular weight is 271 g/mol. The minimum atomic E-state index is 0.359. The van der Waals surface area contributed by atoms with Crippen LogP contribution in [0.15, 0.2) is 22.7 Å². The summed E-state index contributed by atoms with van der Waals surface area (Å²) < 4.78 is 12.2. The summed E-state index contributed by atoms with van der Waals surface area (Å²) >= 11 is 3.49. The van der Waals surface area contributed by atoms with Gasteiger partial charge >= 0.3 is 0 Å². The van der Waals surface area contributed by atoms with Crippen molar-refractivity contribution in [1.82, 2.24) is 0 Å². The molecule has 0 aliphatic heterocycles. The first kappa shape index (κ1) is 10.8. The molecule has 1 aliphatic carbocycles. The molecule has 1 fully saturated rings. The molecule has 0 bridgehead atoms. The van der Waals surface area contributed by atoms with Gasteiger partial charge in [0, 0.05) is 0 Å². The van der Waals surface area contributed by atoms with E-state index in [0.29, 0.717) is 6.10 Å². The van der Waals surface area contributed by atoms with Crippen molar-refractivity contribution >= 4 is 15.9 Å². The lowest BCUT2D eigenvalue weighted by molar-refractivity contribution is 0.199. The molecule has 0 N–H and O–H groups in total. The van der Waals surface area contributed by atoms with Crippen LogP contribution in [0.2, 0.25) is 0 Å². The zero-order valence-electron chi connectivity index (χ0n) is 8.83. The number of hydrogen-bond donors (Lipinski definition) is 0. The fourth-order valence-electron chi connectivity index (χ4n) is 1.94. The van der Waals surface area contributed by atoms with Gasteiger partial charge in [0.1, 0.15) is 0 Å². The lowest BCUT2D eigenvalue weighted by Gasteiger charge is -2.16. The number of rotatable bonds is 3. The fourth-order valence-corrected chi connectivity index (χ4v) is 2.38. The van der Waals surface area contributed by atoms with E-state index in [1.807, 2.05) is 18.2 Å². The van der Waals surface area contributed by atoms with E-state index in [1.165, 1.54) is 12.8 Å².